The van der Waals surface area contributed by atoms with Gasteiger partial charge in [-0.15, -0.1) is 0 Å². The van der Waals surface area contributed by atoms with Crippen molar-refractivity contribution in [3.63, 3.8) is 0 Å². The van der Waals surface area contributed by atoms with Gasteiger partial charge in [-0.3, -0.25) is 19.9 Å². The fourth-order valence-electron chi connectivity index (χ4n) is 3.90. The zero-order valence-electron chi connectivity index (χ0n) is 22.2. The molecule has 0 fully saturated rings. The maximum Gasteiger partial charge on any atom is 0.412 e. The van der Waals surface area contributed by atoms with Crippen LogP contribution in [-0.4, -0.2) is 64.8 Å². The van der Waals surface area contributed by atoms with E-state index in [0.29, 0.717) is 22.8 Å². The molecule has 0 aliphatic heterocycles. The predicted octanol–water partition coefficient (Wildman–Crippen LogP) is 2.85. The molecule has 2 atom stereocenters. The fourth-order valence-corrected chi connectivity index (χ4v) is 4.09. The summed E-state index contributed by atoms with van der Waals surface area (Å²) in [6.07, 6.45) is 1.23. The van der Waals surface area contributed by atoms with Gasteiger partial charge in [0.05, 0.1) is 17.7 Å². The maximum absolute atomic E-state index is 13.9. The molecule has 3 amide bonds. The van der Waals surface area contributed by atoms with Crippen molar-refractivity contribution in [1.82, 2.24) is 20.7 Å². The summed E-state index contributed by atoms with van der Waals surface area (Å²) in [5, 5.41) is 16.4. The van der Waals surface area contributed by atoms with Crippen LogP contribution < -0.4 is 21.8 Å². The standard InChI is InChI=1S/C27H31ClF2N6O5/c1-16(38)36(34-13-18-4-2-6-22(30)25(18)28)21(5-3-9-32-26(39)23(31)14-37)15-41-27(40)35-24-11-19-10-20(29)8-7-17(19)12-33-24/h2,4,6-8,10-12,21,23,34,37H,3,5,9,13-15,31H2,1H3,(H,32,39)(H,33,35,40)/t21-,23+/m0/s1. The number of nitrogens with one attached hydrogen (secondary N) is 3. The number of aromatic nitrogens is 1. The van der Waals surface area contributed by atoms with Gasteiger partial charge in [0.2, 0.25) is 11.8 Å². The number of hydrogen-bond acceptors (Lipinski definition) is 8. The highest BCUT2D eigenvalue weighted by Crippen LogP contribution is 2.20. The number of carbonyl (C=O) groups excluding carboxylic acids is 3. The predicted molar refractivity (Wildman–Crippen MR) is 149 cm³/mol. The number of pyridine rings is 1. The van der Waals surface area contributed by atoms with Gasteiger partial charge >= 0.3 is 6.09 Å². The number of hydrogen-bond donors (Lipinski definition) is 5. The Bertz CT molecular complexity index is 1380. The van der Waals surface area contributed by atoms with Crippen molar-refractivity contribution in [3.05, 3.63) is 70.9 Å². The zero-order chi connectivity index (χ0) is 29.9. The number of benzene rings is 2. The average molecular weight is 593 g/mol. The first-order valence-corrected chi connectivity index (χ1v) is 13.1. The molecule has 11 nitrogen and oxygen atoms in total. The van der Waals surface area contributed by atoms with E-state index in [9.17, 15) is 23.2 Å². The SMILES string of the molecule is CC(=O)N(NCc1cccc(F)c1Cl)[C@@H](CCCNC(=O)[C@H](N)CO)COC(=O)Nc1cc2cc(F)ccc2cn1. The molecule has 0 bridgehead atoms. The number of amides is 3. The third-order valence-corrected chi connectivity index (χ3v) is 6.47. The van der Waals surface area contributed by atoms with Gasteiger partial charge in [0.25, 0.3) is 0 Å². The number of aliphatic hydroxyl groups is 1. The van der Waals surface area contributed by atoms with Gasteiger partial charge in [0.1, 0.15) is 30.1 Å². The second-order valence-corrected chi connectivity index (χ2v) is 9.48. The maximum atomic E-state index is 13.9. The van der Waals surface area contributed by atoms with Crippen LogP contribution in [0.4, 0.5) is 19.4 Å². The summed E-state index contributed by atoms with van der Waals surface area (Å²) in [6, 6.07) is 8.16. The van der Waals surface area contributed by atoms with Gasteiger partial charge in [-0.2, -0.15) is 0 Å². The van der Waals surface area contributed by atoms with Gasteiger partial charge in [-0.1, -0.05) is 23.7 Å². The summed E-state index contributed by atoms with van der Waals surface area (Å²) in [6.45, 7) is 0.699. The summed E-state index contributed by atoms with van der Waals surface area (Å²) in [7, 11) is 0. The minimum Gasteiger partial charge on any atom is -0.447 e. The number of aliphatic hydroxyl groups excluding tert-OH is 1. The summed E-state index contributed by atoms with van der Waals surface area (Å²) in [4.78, 5) is 41.1. The summed E-state index contributed by atoms with van der Waals surface area (Å²) < 4.78 is 32.8. The summed E-state index contributed by atoms with van der Waals surface area (Å²) in [5.41, 5.74) is 8.81. The van der Waals surface area contributed by atoms with Gasteiger partial charge in [0, 0.05) is 31.6 Å². The number of ether oxygens (including phenoxy) is 1. The molecule has 0 aliphatic carbocycles. The molecule has 0 aliphatic rings. The zero-order valence-corrected chi connectivity index (χ0v) is 23.0. The Hall–Kier alpha value is -3.91. The molecular formula is C27H31ClF2N6O5. The largest absolute Gasteiger partial charge is 0.447 e. The first-order chi connectivity index (χ1) is 19.6. The van der Waals surface area contributed by atoms with E-state index in [1.165, 1.54) is 48.5 Å². The number of fused-ring (bicyclic) bond motifs is 1. The van der Waals surface area contributed by atoms with Crippen LogP contribution in [0.1, 0.15) is 25.3 Å². The Morgan fingerprint density at radius 3 is 2.68 bits per heavy atom. The first-order valence-electron chi connectivity index (χ1n) is 12.7. The normalized spacial score (nSPS) is 12.4. The summed E-state index contributed by atoms with van der Waals surface area (Å²) >= 11 is 6.04. The molecule has 0 radical (unpaired) electrons. The molecule has 2 aromatic carbocycles. The Labute approximate surface area is 240 Å². The lowest BCUT2D eigenvalue weighted by Crippen LogP contribution is -2.51. The second kappa shape index (κ2) is 15.2. The van der Waals surface area contributed by atoms with Crippen molar-refractivity contribution >= 4 is 46.1 Å². The lowest BCUT2D eigenvalue weighted by Gasteiger charge is -2.31. The molecule has 1 heterocycles. The number of nitrogens with zero attached hydrogens (tertiary/aromatic N) is 2. The van der Waals surface area contributed by atoms with Gasteiger partial charge < -0.3 is 20.9 Å². The number of halogens is 3. The van der Waals surface area contributed by atoms with E-state index in [0.717, 1.165) is 0 Å². The second-order valence-electron chi connectivity index (χ2n) is 9.10. The molecule has 6 N–H and O–H groups in total. The Morgan fingerprint density at radius 1 is 1.17 bits per heavy atom. The number of hydrazine groups is 1. The quantitative estimate of drug-likeness (QED) is 0.150. The molecule has 0 spiro atoms. The third-order valence-electron chi connectivity index (χ3n) is 6.04. The van der Waals surface area contributed by atoms with Crippen molar-refractivity contribution < 1.29 is 33.0 Å². The van der Waals surface area contributed by atoms with Gasteiger partial charge in [-0.05, 0) is 54.1 Å². The van der Waals surface area contributed by atoms with E-state index >= 15 is 0 Å². The van der Waals surface area contributed by atoms with Crippen LogP contribution in [-0.2, 0) is 20.9 Å². The molecule has 0 saturated carbocycles. The molecule has 0 saturated heterocycles. The minimum atomic E-state index is -1.07. The Morgan fingerprint density at radius 2 is 1.95 bits per heavy atom. The minimum absolute atomic E-state index is 0.00146. The van der Waals surface area contributed by atoms with E-state index in [1.807, 2.05) is 0 Å². The third kappa shape index (κ3) is 9.32. The molecular weight excluding hydrogens is 562 g/mol. The first kappa shape index (κ1) is 31.6. The van der Waals surface area contributed by atoms with Crippen LogP contribution in [0.3, 0.4) is 0 Å². The van der Waals surface area contributed by atoms with Gasteiger partial charge in [-0.25, -0.2) is 24.0 Å². The average Bonchev–Trinajstić information content (AvgIpc) is 2.94. The van der Waals surface area contributed by atoms with E-state index in [4.69, 9.17) is 27.2 Å². The van der Waals surface area contributed by atoms with E-state index in [-0.39, 0.29) is 37.0 Å². The van der Waals surface area contributed by atoms with E-state index < -0.39 is 48.2 Å². The van der Waals surface area contributed by atoms with Crippen molar-refractivity contribution in [2.45, 2.75) is 38.4 Å². The summed E-state index contributed by atoms with van der Waals surface area (Å²) in [5.74, 6) is -1.87. The van der Waals surface area contributed by atoms with Gasteiger partial charge in [0.15, 0.2) is 0 Å². The van der Waals surface area contributed by atoms with E-state index in [2.05, 4.69) is 21.0 Å². The monoisotopic (exact) mass is 592 g/mol. The Balaban J connectivity index is 1.67. The number of carbonyl (C=O) groups is 3. The van der Waals surface area contributed by atoms with Crippen molar-refractivity contribution in [3.8, 4) is 0 Å². The number of anilines is 1. The highest BCUT2D eigenvalue weighted by Gasteiger charge is 2.24. The molecule has 14 heteroatoms. The number of nitrogens with two attached hydrogens (primary N) is 1. The lowest BCUT2D eigenvalue weighted by atomic mass is 10.1. The highest BCUT2D eigenvalue weighted by atomic mass is 35.5. The Kier molecular flexibility index (Phi) is 11.7. The molecule has 220 valence electrons. The van der Waals surface area contributed by atoms with Crippen molar-refractivity contribution in [2.24, 2.45) is 5.73 Å². The van der Waals surface area contributed by atoms with Crippen LogP contribution in [0, 0.1) is 11.6 Å². The topological polar surface area (TPSA) is 159 Å². The van der Waals surface area contributed by atoms with Crippen molar-refractivity contribution in [1.29, 1.82) is 0 Å². The number of rotatable bonds is 13. The smallest absolute Gasteiger partial charge is 0.412 e. The van der Waals surface area contributed by atoms with Crippen LogP contribution >= 0.6 is 11.6 Å². The molecule has 3 rings (SSSR count). The fraction of sp³-hybridized carbons (Fsp3) is 0.333. The molecule has 0 unspecified atom stereocenters. The molecule has 3 aromatic rings. The van der Waals surface area contributed by atoms with Crippen LogP contribution in [0.15, 0.2) is 48.7 Å². The van der Waals surface area contributed by atoms with Crippen LogP contribution in [0.5, 0.6) is 0 Å². The molecule has 41 heavy (non-hydrogen) atoms. The highest BCUT2D eigenvalue weighted by molar-refractivity contribution is 6.31. The lowest BCUT2D eigenvalue weighted by molar-refractivity contribution is -0.136. The van der Waals surface area contributed by atoms with E-state index in [1.54, 1.807) is 12.1 Å². The van der Waals surface area contributed by atoms with Crippen LogP contribution in [0.25, 0.3) is 10.8 Å². The molecule has 1 aromatic heterocycles. The van der Waals surface area contributed by atoms with Crippen LogP contribution in [0.2, 0.25) is 5.02 Å². The van der Waals surface area contributed by atoms with Crippen molar-refractivity contribution in [2.75, 3.05) is 25.1 Å².